The largest absolute Gasteiger partial charge is 0.377 e. The van der Waals surface area contributed by atoms with Crippen LogP contribution in [-0.2, 0) is 4.74 Å². The summed E-state index contributed by atoms with van der Waals surface area (Å²) in [6.07, 6.45) is 3.21. The quantitative estimate of drug-likeness (QED) is 0.857. The predicted octanol–water partition coefficient (Wildman–Crippen LogP) is 1.89. The van der Waals surface area contributed by atoms with Crippen LogP contribution in [0, 0.1) is 0 Å². The number of nitrogens with one attached hydrogen (secondary N) is 1. The first-order chi connectivity index (χ1) is 9.56. The molecule has 1 aliphatic heterocycles. The van der Waals surface area contributed by atoms with E-state index in [1.807, 2.05) is 6.07 Å². The van der Waals surface area contributed by atoms with Gasteiger partial charge in [-0.2, -0.15) is 9.97 Å². The lowest BCUT2D eigenvalue weighted by Crippen LogP contribution is -2.47. The fourth-order valence-corrected chi connectivity index (χ4v) is 2.53. The highest BCUT2D eigenvalue weighted by Gasteiger charge is 2.31. The van der Waals surface area contributed by atoms with Crippen LogP contribution in [0.3, 0.4) is 0 Å². The fourth-order valence-electron chi connectivity index (χ4n) is 2.53. The molecule has 1 saturated heterocycles. The number of anilines is 3. The van der Waals surface area contributed by atoms with Crippen LogP contribution in [0.5, 0.6) is 0 Å². The van der Waals surface area contributed by atoms with Crippen LogP contribution in [0.1, 0.15) is 33.1 Å². The maximum atomic E-state index is 5.82. The van der Waals surface area contributed by atoms with Crippen LogP contribution in [0.25, 0.3) is 0 Å². The van der Waals surface area contributed by atoms with E-state index in [9.17, 15) is 0 Å². The number of nitrogens with two attached hydrogens (primary N) is 1. The number of hydrogen-bond acceptors (Lipinski definition) is 6. The van der Waals surface area contributed by atoms with Crippen molar-refractivity contribution in [1.29, 1.82) is 0 Å². The lowest BCUT2D eigenvalue weighted by molar-refractivity contribution is -0.00481. The maximum Gasteiger partial charge on any atom is 0.223 e. The van der Waals surface area contributed by atoms with Gasteiger partial charge in [0.25, 0.3) is 0 Å². The first-order valence-corrected chi connectivity index (χ1v) is 7.25. The van der Waals surface area contributed by atoms with Gasteiger partial charge in [0.2, 0.25) is 5.95 Å². The van der Waals surface area contributed by atoms with Crippen LogP contribution < -0.4 is 16.0 Å². The van der Waals surface area contributed by atoms with Crippen LogP contribution in [0.2, 0.25) is 0 Å². The lowest BCUT2D eigenvalue weighted by atomic mass is 9.95. The Balaban J connectivity index is 2.16. The van der Waals surface area contributed by atoms with E-state index in [2.05, 4.69) is 34.0 Å². The average molecular weight is 279 g/mol. The van der Waals surface area contributed by atoms with Crippen molar-refractivity contribution in [3.05, 3.63) is 6.07 Å². The topological polar surface area (TPSA) is 76.3 Å². The normalized spacial score (nSPS) is 22.9. The maximum absolute atomic E-state index is 5.82. The number of hydrogen-bond donors (Lipinski definition) is 2. The van der Waals surface area contributed by atoms with E-state index in [1.54, 1.807) is 7.11 Å². The van der Waals surface area contributed by atoms with E-state index in [4.69, 9.17) is 10.5 Å². The molecule has 6 heteroatoms. The van der Waals surface area contributed by atoms with E-state index in [-0.39, 0.29) is 5.60 Å². The molecular formula is C14H25N5O. The number of methoxy groups -OCH3 is 1. The van der Waals surface area contributed by atoms with Crippen LogP contribution in [0.15, 0.2) is 6.07 Å². The third kappa shape index (κ3) is 3.50. The Morgan fingerprint density at radius 1 is 1.50 bits per heavy atom. The lowest BCUT2D eigenvalue weighted by Gasteiger charge is -2.40. The first-order valence-electron chi connectivity index (χ1n) is 7.25. The van der Waals surface area contributed by atoms with Crippen molar-refractivity contribution in [1.82, 2.24) is 9.97 Å². The van der Waals surface area contributed by atoms with Gasteiger partial charge < -0.3 is 20.7 Å². The molecule has 2 heterocycles. The second kappa shape index (κ2) is 6.26. The van der Waals surface area contributed by atoms with Gasteiger partial charge in [-0.15, -0.1) is 0 Å². The molecule has 0 spiro atoms. The van der Waals surface area contributed by atoms with Gasteiger partial charge in [-0.25, -0.2) is 0 Å². The molecule has 0 amide bonds. The first kappa shape index (κ1) is 14.8. The summed E-state index contributed by atoms with van der Waals surface area (Å²) in [7, 11) is 1.77. The van der Waals surface area contributed by atoms with E-state index < -0.39 is 0 Å². The Labute approximate surface area is 120 Å². The molecule has 6 nitrogen and oxygen atoms in total. The van der Waals surface area contributed by atoms with Gasteiger partial charge >= 0.3 is 0 Å². The second-order valence-corrected chi connectivity index (χ2v) is 5.58. The predicted molar refractivity (Wildman–Crippen MR) is 82.1 cm³/mol. The summed E-state index contributed by atoms with van der Waals surface area (Å²) in [5.74, 6) is 1.98. The summed E-state index contributed by atoms with van der Waals surface area (Å²) >= 11 is 0. The number of nitrogens with zero attached hydrogens (tertiary/aromatic N) is 3. The summed E-state index contributed by atoms with van der Waals surface area (Å²) in [6, 6.07) is 1.97. The molecule has 1 aromatic heterocycles. The Morgan fingerprint density at radius 3 is 3.00 bits per heavy atom. The van der Waals surface area contributed by atoms with E-state index >= 15 is 0 Å². The zero-order valence-electron chi connectivity index (χ0n) is 12.6. The van der Waals surface area contributed by atoms with Gasteiger partial charge in [0.1, 0.15) is 11.6 Å². The average Bonchev–Trinajstić information content (AvgIpc) is 2.44. The second-order valence-electron chi connectivity index (χ2n) is 5.58. The Bertz CT molecular complexity index is 453. The van der Waals surface area contributed by atoms with Crippen molar-refractivity contribution in [2.75, 3.05) is 42.7 Å². The molecule has 0 bridgehead atoms. The van der Waals surface area contributed by atoms with Gasteiger partial charge in [-0.05, 0) is 26.2 Å². The van der Waals surface area contributed by atoms with Crippen molar-refractivity contribution in [2.24, 2.45) is 0 Å². The molecule has 1 fully saturated rings. The number of nitrogen functional groups attached to an aromatic ring is 1. The van der Waals surface area contributed by atoms with Gasteiger partial charge in [-0.3, -0.25) is 0 Å². The Kier molecular flexibility index (Phi) is 4.65. The Morgan fingerprint density at radius 2 is 2.30 bits per heavy atom. The molecule has 3 N–H and O–H groups in total. The fraction of sp³-hybridized carbons (Fsp3) is 0.714. The van der Waals surface area contributed by atoms with Gasteiger partial charge in [0.15, 0.2) is 0 Å². The molecule has 1 aliphatic rings. The van der Waals surface area contributed by atoms with Crippen LogP contribution in [0.4, 0.5) is 17.6 Å². The zero-order chi connectivity index (χ0) is 14.6. The molecule has 1 unspecified atom stereocenters. The highest BCUT2D eigenvalue weighted by Crippen LogP contribution is 2.28. The number of piperidine rings is 1. The van der Waals surface area contributed by atoms with Crippen LogP contribution in [-0.4, -0.2) is 42.3 Å². The summed E-state index contributed by atoms with van der Waals surface area (Å²) in [6.45, 7) is 6.94. The standard InChI is InChI=1S/C14H25N5O/c1-4-7-16-11-9-12(18-13(15)17-11)19-8-5-6-14(2,10-19)20-3/h9H,4-8,10H2,1-3H3,(H3,15,16,17,18). The van der Waals surface area contributed by atoms with Gasteiger partial charge in [-0.1, -0.05) is 6.92 Å². The number of aromatic nitrogens is 2. The minimum Gasteiger partial charge on any atom is -0.377 e. The molecule has 0 aliphatic carbocycles. The molecule has 0 aromatic carbocycles. The Hall–Kier alpha value is -1.56. The summed E-state index contributed by atoms with van der Waals surface area (Å²) < 4.78 is 5.62. The highest BCUT2D eigenvalue weighted by molar-refractivity contribution is 5.53. The SMILES string of the molecule is CCCNc1cc(N2CCCC(C)(OC)C2)nc(N)n1. The minimum atomic E-state index is -0.116. The van der Waals surface area contributed by atoms with Crippen LogP contribution >= 0.6 is 0 Å². The highest BCUT2D eigenvalue weighted by atomic mass is 16.5. The molecule has 2 rings (SSSR count). The van der Waals surface area contributed by atoms with E-state index in [1.165, 1.54) is 0 Å². The molecule has 20 heavy (non-hydrogen) atoms. The molecule has 1 aromatic rings. The molecular weight excluding hydrogens is 254 g/mol. The summed E-state index contributed by atoms with van der Waals surface area (Å²) in [5, 5.41) is 3.26. The minimum absolute atomic E-state index is 0.116. The van der Waals surface area contributed by atoms with Crippen molar-refractivity contribution >= 4 is 17.6 Å². The summed E-state index contributed by atoms with van der Waals surface area (Å²) in [4.78, 5) is 10.8. The van der Waals surface area contributed by atoms with Gasteiger partial charge in [0.05, 0.1) is 5.60 Å². The van der Waals surface area contributed by atoms with E-state index in [0.717, 1.165) is 50.5 Å². The number of ether oxygens (including phenoxy) is 1. The van der Waals surface area contributed by atoms with Crippen molar-refractivity contribution in [3.63, 3.8) is 0 Å². The zero-order valence-corrected chi connectivity index (χ0v) is 12.6. The number of rotatable bonds is 5. The van der Waals surface area contributed by atoms with Crippen molar-refractivity contribution in [2.45, 2.75) is 38.7 Å². The molecule has 1 atom stereocenters. The third-order valence-corrected chi connectivity index (χ3v) is 3.76. The molecule has 0 saturated carbocycles. The third-order valence-electron chi connectivity index (χ3n) is 3.76. The molecule has 112 valence electrons. The van der Waals surface area contributed by atoms with Crippen molar-refractivity contribution in [3.8, 4) is 0 Å². The van der Waals surface area contributed by atoms with E-state index in [0.29, 0.717) is 5.95 Å². The van der Waals surface area contributed by atoms with Gasteiger partial charge in [0, 0.05) is 32.8 Å². The smallest absolute Gasteiger partial charge is 0.223 e. The summed E-state index contributed by atoms with van der Waals surface area (Å²) in [5.41, 5.74) is 5.70. The molecule has 0 radical (unpaired) electrons. The monoisotopic (exact) mass is 279 g/mol. The van der Waals surface area contributed by atoms with Crippen molar-refractivity contribution < 1.29 is 4.74 Å².